The molecule has 1 aromatic heterocycles. The van der Waals surface area contributed by atoms with Crippen LogP contribution in [0.4, 0.5) is 5.82 Å². The van der Waals surface area contributed by atoms with Crippen molar-refractivity contribution in [3.05, 3.63) is 51.6 Å². The number of rotatable bonds is 6. The monoisotopic (exact) mass is 484 g/mol. The molecule has 1 aliphatic carbocycles. The fraction of sp³-hybridized carbons (Fsp3) is 0.400. The molecule has 0 aliphatic heterocycles. The normalized spacial score (nSPS) is 16.1. The molecule has 3 rings (SSSR count). The number of hydrogen-bond donors (Lipinski definition) is 1. The van der Waals surface area contributed by atoms with E-state index in [2.05, 4.69) is 26.2 Å². The number of amides is 1. The van der Waals surface area contributed by atoms with E-state index >= 15 is 0 Å². The Morgan fingerprint density at radius 1 is 1.29 bits per heavy atom. The molecule has 1 aromatic carbocycles. The second-order valence-electron chi connectivity index (χ2n) is 7.25. The number of hydrogen-bond acceptors (Lipinski definition) is 4. The third-order valence-corrected chi connectivity index (χ3v) is 7.15. The van der Waals surface area contributed by atoms with Gasteiger partial charge in [0.1, 0.15) is 5.82 Å². The second kappa shape index (κ2) is 8.93. The van der Waals surface area contributed by atoms with E-state index in [1.807, 2.05) is 6.07 Å². The molecule has 1 fully saturated rings. The summed E-state index contributed by atoms with van der Waals surface area (Å²) in [6, 6.07) is 8.32. The fourth-order valence-electron chi connectivity index (χ4n) is 3.67. The van der Waals surface area contributed by atoms with Gasteiger partial charge in [-0.25, -0.2) is 13.4 Å². The summed E-state index contributed by atoms with van der Waals surface area (Å²) < 4.78 is 24.5. The summed E-state index contributed by atoms with van der Waals surface area (Å²) >= 11 is 9.56. The van der Waals surface area contributed by atoms with Gasteiger partial charge in [-0.05, 0) is 58.1 Å². The Morgan fingerprint density at radius 2 is 2.00 bits per heavy atom. The van der Waals surface area contributed by atoms with Gasteiger partial charge in [-0.1, -0.05) is 43.4 Å². The van der Waals surface area contributed by atoms with Crippen LogP contribution < -0.4 is 5.32 Å². The SMILES string of the molecule is CS(=O)(=O)c1ccc(C(CC2CCCC2)C(=O)Nc2ccc(Br)cn2)cc1Cl. The summed E-state index contributed by atoms with van der Waals surface area (Å²) in [6.07, 6.45) is 8.03. The highest BCUT2D eigenvalue weighted by atomic mass is 79.9. The number of sulfone groups is 1. The predicted octanol–water partition coefficient (Wildman–Crippen LogP) is 5.20. The van der Waals surface area contributed by atoms with Crippen molar-refractivity contribution in [1.29, 1.82) is 0 Å². The van der Waals surface area contributed by atoms with Crippen molar-refractivity contribution < 1.29 is 13.2 Å². The highest BCUT2D eigenvalue weighted by Crippen LogP contribution is 2.36. The lowest BCUT2D eigenvalue weighted by Crippen LogP contribution is -2.23. The Labute approximate surface area is 178 Å². The number of pyridine rings is 1. The van der Waals surface area contributed by atoms with E-state index < -0.39 is 15.8 Å². The molecule has 1 saturated carbocycles. The molecule has 0 radical (unpaired) electrons. The summed E-state index contributed by atoms with van der Waals surface area (Å²) in [4.78, 5) is 17.3. The van der Waals surface area contributed by atoms with Gasteiger partial charge in [-0.15, -0.1) is 0 Å². The van der Waals surface area contributed by atoms with Crippen molar-refractivity contribution in [2.24, 2.45) is 5.92 Å². The zero-order valence-corrected chi connectivity index (χ0v) is 18.6. The molecule has 1 unspecified atom stereocenters. The zero-order chi connectivity index (χ0) is 20.3. The van der Waals surface area contributed by atoms with Gasteiger partial charge in [0.15, 0.2) is 9.84 Å². The van der Waals surface area contributed by atoms with Crippen LogP contribution in [0.25, 0.3) is 0 Å². The summed E-state index contributed by atoms with van der Waals surface area (Å²) in [6.45, 7) is 0. The lowest BCUT2D eigenvalue weighted by molar-refractivity contribution is -0.118. The van der Waals surface area contributed by atoms with Crippen molar-refractivity contribution in [1.82, 2.24) is 4.98 Å². The molecule has 0 spiro atoms. The molecular formula is C20H22BrClN2O3S. The first-order valence-electron chi connectivity index (χ1n) is 9.16. The Balaban J connectivity index is 1.88. The van der Waals surface area contributed by atoms with E-state index in [4.69, 9.17) is 11.6 Å². The van der Waals surface area contributed by atoms with Gasteiger partial charge in [-0.2, -0.15) is 0 Å². The molecule has 5 nitrogen and oxygen atoms in total. The van der Waals surface area contributed by atoms with Crippen molar-refractivity contribution in [3.8, 4) is 0 Å². The van der Waals surface area contributed by atoms with Gasteiger partial charge in [0, 0.05) is 16.9 Å². The van der Waals surface area contributed by atoms with E-state index in [-0.39, 0.29) is 15.8 Å². The van der Waals surface area contributed by atoms with Crippen LogP contribution in [0.1, 0.15) is 43.6 Å². The minimum absolute atomic E-state index is 0.0764. The van der Waals surface area contributed by atoms with Crippen LogP contribution in [-0.2, 0) is 14.6 Å². The molecule has 8 heteroatoms. The maximum absolute atomic E-state index is 13.1. The van der Waals surface area contributed by atoms with Gasteiger partial charge < -0.3 is 5.32 Å². The van der Waals surface area contributed by atoms with Crippen LogP contribution in [0.15, 0.2) is 45.9 Å². The average Bonchev–Trinajstić information content (AvgIpc) is 3.13. The number of halogens is 2. The maximum atomic E-state index is 13.1. The average molecular weight is 486 g/mol. The molecule has 1 atom stereocenters. The Kier molecular flexibility index (Phi) is 6.78. The second-order valence-corrected chi connectivity index (χ2v) is 10.6. The lowest BCUT2D eigenvalue weighted by Gasteiger charge is -2.21. The first kappa shape index (κ1) is 21.3. The molecule has 1 aliphatic rings. The Morgan fingerprint density at radius 3 is 2.57 bits per heavy atom. The van der Waals surface area contributed by atoms with Crippen molar-refractivity contribution in [2.45, 2.75) is 42.9 Å². The minimum atomic E-state index is -3.42. The number of anilines is 1. The molecule has 0 saturated heterocycles. The van der Waals surface area contributed by atoms with Gasteiger partial charge in [0.25, 0.3) is 0 Å². The predicted molar refractivity (Wildman–Crippen MR) is 114 cm³/mol. The highest BCUT2D eigenvalue weighted by Gasteiger charge is 2.28. The first-order valence-corrected chi connectivity index (χ1v) is 12.2. The smallest absolute Gasteiger partial charge is 0.233 e. The quantitative estimate of drug-likeness (QED) is 0.610. The van der Waals surface area contributed by atoms with E-state index in [0.29, 0.717) is 18.2 Å². The Hall–Kier alpha value is -1.44. The highest BCUT2D eigenvalue weighted by molar-refractivity contribution is 9.10. The van der Waals surface area contributed by atoms with E-state index in [1.54, 1.807) is 24.4 Å². The van der Waals surface area contributed by atoms with Crippen LogP contribution in [0.3, 0.4) is 0 Å². The summed E-state index contributed by atoms with van der Waals surface area (Å²) in [5.41, 5.74) is 0.721. The largest absolute Gasteiger partial charge is 0.310 e. The molecule has 1 N–H and O–H groups in total. The molecule has 150 valence electrons. The molecule has 2 aromatic rings. The summed E-state index contributed by atoms with van der Waals surface area (Å²) in [5, 5.41) is 3.02. The van der Waals surface area contributed by atoms with Crippen LogP contribution in [0, 0.1) is 5.92 Å². The molecule has 1 heterocycles. The summed E-state index contributed by atoms with van der Waals surface area (Å²) in [7, 11) is -3.42. The van der Waals surface area contributed by atoms with Crippen LogP contribution in [-0.4, -0.2) is 25.6 Å². The van der Waals surface area contributed by atoms with Gasteiger partial charge in [0.2, 0.25) is 5.91 Å². The third kappa shape index (κ3) is 5.33. The van der Waals surface area contributed by atoms with Crippen molar-refractivity contribution >= 4 is 49.1 Å². The Bertz CT molecular complexity index is 958. The van der Waals surface area contributed by atoms with Crippen LogP contribution in [0.2, 0.25) is 5.02 Å². The van der Waals surface area contributed by atoms with Crippen LogP contribution >= 0.6 is 27.5 Å². The zero-order valence-electron chi connectivity index (χ0n) is 15.5. The number of nitrogens with zero attached hydrogens (tertiary/aromatic N) is 1. The van der Waals surface area contributed by atoms with Crippen molar-refractivity contribution in [2.75, 3.05) is 11.6 Å². The standard InChI is InChI=1S/C20H22BrClN2O3S/c1-28(26,27)18-8-6-14(11-17(18)22)16(10-13-4-2-3-5-13)20(25)24-19-9-7-15(21)12-23-19/h6-9,11-13,16H,2-5,10H2,1H3,(H,23,24,25). The number of benzene rings is 1. The number of carbonyl (C=O) groups is 1. The third-order valence-electron chi connectivity index (χ3n) is 5.10. The lowest BCUT2D eigenvalue weighted by atomic mass is 9.87. The topological polar surface area (TPSA) is 76.1 Å². The fourth-order valence-corrected chi connectivity index (χ4v) is 5.24. The summed E-state index contributed by atoms with van der Waals surface area (Å²) in [5.74, 6) is 0.370. The number of aromatic nitrogens is 1. The maximum Gasteiger partial charge on any atom is 0.233 e. The van der Waals surface area contributed by atoms with E-state index in [1.165, 1.54) is 18.9 Å². The van der Waals surface area contributed by atoms with E-state index in [0.717, 1.165) is 29.1 Å². The number of nitrogens with one attached hydrogen (secondary N) is 1. The van der Waals surface area contributed by atoms with Gasteiger partial charge in [-0.3, -0.25) is 4.79 Å². The molecular weight excluding hydrogens is 464 g/mol. The van der Waals surface area contributed by atoms with Crippen LogP contribution in [0.5, 0.6) is 0 Å². The first-order chi connectivity index (χ1) is 13.2. The van der Waals surface area contributed by atoms with E-state index in [9.17, 15) is 13.2 Å². The van der Waals surface area contributed by atoms with Crippen molar-refractivity contribution in [3.63, 3.8) is 0 Å². The molecule has 0 bridgehead atoms. The van der Waals surface area contributed by atoms with Gasteiger partial charge >= 0.3 is 0 Å². The minimum Gasteiger partial charge on any atom is -0.310 e. The van der Waals surface area contributed by atoms with Gasteiger partial charge in [0.05, 0.1) is 15.8 Å². The molecule has 28 heavy (non-hydrogen) atoms. The number of carbonyl (C=O) groups excluding carboxylic acids is 1. The molecule has 1 amide bonds.